The zero-order valence-corrected chi connectivity index (χ0v) is 24.0. The Bertz CT molecular complexity index is 1430. The molecule has 2 amide bonds. The summed E-state index contributed by atoms with van der Waals surface area (Å²) in [5.74, 6) is -1.63. The number of aryl methyl sites for hydroxylation is 1. The summed E-state index contributed by atoms with van der Waals surface area (Å²) in [6.07, 6.45) is 0.691. The second-order valence-electron chi connectivity index (χ2n) is 9.29. The van der Waals surface area contributed by atoms with E-state index < -0.39 is 40.2 Å². The van der Waals surface area contributed by atoms with Crippen LogP contribution >= 0.6 is 11.6 Å². The smallest absolute Gasteiger partial charge is 0.264 e. The number of benzene rings is 3. The molecule has 0 saturated carbocycles. The standard InChI is InChI=1S/C29H33ClFN3O4S/c1-5-17-32-29(36)22(4)33(18-23-9-6-7-11-26(23)31)28(35)19-34(27-12-8-10-25(30)21(27)3)39(37,38)24-15-13-20(2)14-16-24/h6-16,22H,5,17-19H2,1-4H3,(H,32,36)/t22-/m0/s1. The van der Waals surface area contributed by atoms with Crippen LogP contribution < -0.4 is 9.62 Å². The molecule has 0 bridgehead atoms. The summed E-state index contributed by atoms with van der Waals surface area (Å²) in [4.78, 5) is 27.9. The van der Waals surface area contributed by atoms with Crippen LogP contribution in [0.1, 0.15) is 37.0 Å². The summed E-state index contributed by atoms with van der Waals surface area (Å²) in [6, 6.07) is 16.0. The molecule has 0 aliphatic rings. The molecule has 3 aromatic carbocycles. The Morgan fingerprint density at radius 3 is 2.31 bits per heavy atom. The lowest BCUT2D eigenvalue weighted by Crippen LogP contribution is -2.51. The van der Waals surface area contributed by atoms with Crippen molar-refractivity contribution < 1.29 is 22.4 Å². The van der Waals surface area contributed by atoms with Gasteiger partial charge >= 0.3 is 0 Å². The molecule has 208 valence electrons. The van der Waals surface area contributed by atoms with Crippen LogP contribution in [-0.4, -0.2) is 44.3 Å². The van der Waals surface area contributed by atoms with Gasteiger partial charge < -0.3 is 10.2 Å². The van der Waals surface area contributed by atoms with Gasteiger partial charge in [-0.05, 0) is 63.1 Å². The number of amides is 2. The number of nitrogens with zero attached hydrogens (tertiary/aromatic N) is 2. The van der Waals surface area contributed by atoms with Crippen molar-refractivity contribution in [3.05, 3.63) is 94.3 Å². The van der Waals surface area contributed by atoms with E-state index in [1.54, 1.807) is 43.3 Å². The van der Waals surface area contributed by atoms with Gasteiger partial charge in [0.25, 0.3) is 10.0 Å². The van der Waals surface area contributed by atoms with Crippen molar-refractivity contribution >= 4 is 39.1 Å². The van der Waals surface area contributed by atoms with Crippen molar-refractivity contribution in [1.82, 2.24) is 10.2 Å². The van der Waals surface area contributed by atoms with E-state index in [0.29, 0.717) is 23.6 Å². The fourth-order valence-corrected chi connectivity index (χ4v) is 5.65. The Morgan fingerprint density at radius 1 is 1.00 bits per heavy atom. The minimum absolute atomic E-state index is 0.00494. The fraction of sp³-hybridized carbons (Fsp3) is 0.310. The molecule has 1 N–H and O–H groups in total. The van der Waals surface area contributed by atoms with Crippen LogP contribution in [0.15, 0.2) is 71.6 Å². The molecule has 0 radical (unpaired) electrons. The second-order valence-corrected chi connectivity index (χ2v) is 11.6. The first kappa shape index (κ1) is 30.1. The van der Waals surface area contributed by atoms with E-state index in [0.717, 1.165) is 9.87 Å². The highest BCUT2D eigenvalue weighted by Crippen LogP contribution is 2.31. The fourth-order valence-electron chi connectivity index (χ4n) is 4.01. The van der Waals surface area contributed by atoms with Crippen molar-refractivity contribution in [2.24, 2.45) is 0 Å². The molecule has 39 heavy (non-hydrogen) atoms. The lowest BCUT2D eigenvalue weighted by Gasteiger charge is -2.32. The highest BCUT2D eigenvalue weighted by molar-refractivity contribution is 7.92. The molecule has 0 spiro atoms. The van der Waals surface area contributed by atoms with Crippen LogP contribution in [0.4, 0.5) is 10.1 Å². The zero-order valence-electron chi connectivity index (χ0n) is 22.4. The van der Waals surface area contributed by atoms with Gasteiger partial charge in [-0.15, -0.1) is 0 Å². The molecule has 3 rings (SSSR count). The zero-order chi connectivity index (χ0) is 28.7. The number of rotatable bonds is 11. The molecule has 0 unspecified atom stereocenters. The molecule has 0 heterocycles. The molecular formula is C29H33ClFN3O4S. The van der Waals surface area contributed by atoms with Crippen molar-refractivity contribution in [2.45, 2.75) is 51.6 Å². The molecule has 0 aromatic heterocycles. The van der Waals surface area contributed by atoms with E-state index in [1.165, 1.54) is 42.2 Å². The number of anilines is 1. The Kier molecular flexibility index (Phi) is 10.1. The first-order chi connectivity index (χ1) is 18.5. The monoisotopic (exact) mass is 573 g/mol. The van der Waals surface area contributed by atoms with Crippen LogP contribution in [0.3, 0.4) is 0 Å². The minimum Gasteiger partial charge on any atom is -0.354 e. The first-order valence-electron chi connectivity index (χ1n) is 12.6. The second kappa shape index (κ2) is 13.1. The van der Waals surface area contributed by atoms with Crippen LogP contribution in [0.2, 0.25) is 5.02 Å². The van der Waals surface area contributed by atoms with Gasteiger partial charge in [0, 0.05) is 23.7 Å². The molecule has 0 saturated heterocycles. The van der Waals surface area contributed by atoms with Gasteiger partial charge in [0.1, 0.15) is 18.4 Å². The maximum absolute atomic E-state index is 14.6. The molecule has 10 heteroatoms. The third kappa shape index (κ3) is 7.16. The molecule has 1 atom stereocenters. The summed E-state index contributed by atoms with van der Waals surface area (Å²) < 4.78 is 43.4. The Labute approximate surface area is 234 Å². The van der Waals surface area contributed by atoms with Crippen molar-refractivity contribution in [1.29, 1.82) is 0 Å². The quantitative estimate of drug-likeness (QED) is 0.340. The topological polar surface area (TPSA) is 86.8 Å². The number of halogens is 2. The van der Waals surface area contributed by atoms with Gasteiger partial charge in [-0.3, -0.25) is 13.9 Å². The normalized spacial score (nSPS) is 12.1. The number of hydrogen-bond acceptors (Lipinski definition) is 4. The van der Waals surface area contributed by atoms with E-state index in [9.17, 15) is 22.4 Å². The highest BCUT2D eigenvalue weighted by Gasteiger charge is 2.33. The van der Waals surface area contributed by atoms with Gasteiger partial charge in [-0.25, -0.2) is 12.8 Å². The van der Waals surface area contributed by atoms with E-state index in [2.05, 4.69) is 5.32 Å². The Balaban J connectivity index is 2.07. The molecule has 0 fully saturated rings. The summed E-state index contributed by atoms with van der Waals surface area (Å²) >= 11 is 6.33. The van der Waals surface area contributed by atoms with E-state index >= 15 is 0 Å². The van der Waals surface area contributed by atoms with Crippen LogP contribution in [0.25, 0.3) is 0 Å². The van der Waals surface area contributed by atoms with Crippen LogP contribution in [0, 0.1) is 19.7 Å². The lowest BCUT2D eigenvalue weighted by molar-refractivity contribution is -0.139. The first-order valence-corrected chi connectivity index (χ1v) is 14.4. The largest absolute Gasteiger partial charge is 0.354 e. The third-order valence-corrected chi connectivity index (χ3v) is 8.59. The summed E-state index contributed by atoms with van der Waals surface area (Å²) in [5.41, 5.74) is 1.77. The third-order valence-electron chi connectivity index (χ3n) is 6.41. The lowest BCUT2D eigenvalue weighted by atomic mass is 10.1. The molecule has 0 aliphatic heterocycles. The average Bonchev–Trinajstić information content (AvgIpc) is 2.91. The van der Waals surface area contributed by atoms with Gasteiger partial charge in [0.15, 0.2) is 0 Å². The molecule has 0 aliphatic carbocycles. The highest BCUT2D eigenvalue weighted by atomic mass is 35.5. The minimum atomic E-state index is -4.23. The van der Waals surface area contributed by atoms with Gasteiger partial charge in [0.05, 0.1) is 10.6 Å². The Morgan fingerprint density at radius 2 is 1.67 bits per heavy atom. The van der Waals surface area contributed by atoms with Gasteiger partial charge in [0.2, 0.25) is 11.8 Å². The van der Waals surface area contributed by atoms with Crippen molar-refractivity contribution in [3.8, 4) is 0 Å². The van der Waals surface area contributed by atoms with Gasteiger partial charge in [-0.2, -0.15) is 0 Å². The van der Waals surface area contributed by atoms with Crippen LogP contribution in [-0.2, 0) is 26.2 Å². The van der Waals surface area contributed by atoms with Crippen molar-refractivity contribution in [3.63, 3.8) is 0 Å². The van der Waals surface area contributed by atoms with E-state index in [1.807, 2.05) is 13.8 Å². The number of nitrogens with one attached hydrogen (secondary N) is 1. The van der Waals surface area contributed by atoms with E-state index in [-0.39, 0.29) is 22.7 Å². The Hall–Kier alpha value is -3.43. The number of carbonyl (C=O) groups excluding carboxylic acids is 2. The molecule has 7 nitrogen and oxygen atoms in total. The summed E-state index contributed by atoms with van der Waals surface area (Å²) in [7, 11) is -4.23. The SMILES string of the molecule is CCCNC(=O)[C@H](C)N(Cc1ccccc1F)C(=O)CN(c1cccc(Cl)c1C)S(=O)(=O)c1ccc(C)cc1. The predicted octanol–water partition coefficient (Wildman–Crippen LogP) is 5.23. The summed E-state index contributed by atoms with van der Waals surface area (Å²) in [6.45, 7) is 6.49. The summed E-state index contributed by atoms with van der Waals surface area (Å²) in [5, 5.41) is 3.09. The number of sulfonamides is 1. The maximum atomic E-state index is 14.6. The van der Waals surface area contributed by atoms with Crippen LogP contribution in [0.5, 0.6) is 0 Å². The molecular weight excluding hydrogens is 541 g/mol. The number of hydrogen-bond donors (Lipinski definition) is 1. The maximum Gasteiger partial charge on any atom is 0.264 e. The van der Waals surface area contributed by atoms with E-state index in [4.69, 9.17) is 11.6 Å². The number of carbonyl (C=O) groups is 2. The average molecular weight is 574 g/mol. The predicted molar refractivity (Wildman–Crippen MR) is 152 cm³/mol. The van der Waals surface area contributed by atoms with Gasteiger partial charge in [-0.1, -0.05) is 60.5 Å². The van der Waals surface area contributed by atoms with Crippen molar-refractivity contribution in [2.75, 3.05) is 17.4 Å². The molecule has 3 aromatic rings.